The van der Waals surface area contributed by atoms with Gasteiger partial charge in [-0.25, -0.2) is 0 Å². The molecule has 0 fully saturated rings. The normalized spacial score (nSPS) is 10.8. The minimum Gasteiger partial charge on any atom is -0.346 e. The summed E-state index contributed by atoms with van der Waals surface area (Å²) in [4.78, 5) is 12.1. The SMILES string of the molecule is CCn1cc(Cl)c(C(=O)NCc2cnn(CC)c2C)n1. The summed E-state index contributed by atoms with van der Waals surface area (Å²) in [7, 11) is 0. The Balaban J connectivity index is 2.04. The van der Waals surface area contributed by atoms with Crippen molar-refractivity contribution in [3.63, 3.8) is 0 Å². The summed E-state index contributed by atoms with van der Waals surface area (Å²) in [6.45, 7) is 7.85. The standard InChI is InChI=1S/C13H18ClN5O/c1-4-18-8-11(14)12(17-18)13(20)15-6-10-7-16-19(5-2)9(10)3/h7-8H,4-6H2,1-3H3,(H,15,20). The van der Waals surface area contributed by atoms with E-state index in [4.69, 9.17) is 11.6 Å². The van der Waals surface area contributed by atoms with Crippen LogP contribution in [0.2, 0.25) is 5.02 Å². The van der Waals surface area contributed by atoms with Gasteiger partial charge >= 0.3 is 0 Å². The van der Waals surface area contributed by atoms with Crippen molar-refractivity contribution < 1.29 is 4.79 Å². The average Bonchev–Trinajstić information content (AvgIpc) is 2.99. The molecule has 0 aliphatic carbocycles. The van der Waals surface area contributed by atoms with E-state index in [2.05, 4.69) is 15.5 Å². The second-order valence-electron chi connectivity index (χ2n) is 4.43. The molecule has 20 heavy (non-hydrogen) atoms. The van der Waals surface area contributed by atoms with Gasteiger partial charge in [-0.15, -0.1) is 0 Å². The first-order chi connectivity index (χ1) is 9.56. The second-order valence-corrected chi connectivity index (χ2v) is 4.84. The van der Waals surface area contributed by atoms with Crippen LogP contribution in [0.3, 0.4) is 0 Å². The quantitative estimate of drug-likeness (QED) is 0.918. The zero-order valence-electron chi connectivity index (χ0n) is 11.9. The number of hydrogen-bond acceptors (Lipinski definition) is 3. The molecule has 1 N–H and O–H groups in total. The van der Waals surface area contributed by atoms with Gasteiger partial charge in [-0.1, -0.05) is 11.6 Å². The summed E-state index contributed by atoms with van der Waals surface area (Å²) >= 11 is 6.00. The monoisotopic (exact) mass is 295 g/mol. The molecule has 0 saturated carbocycles. The minimum atomic E-state index is -0.272. The number of nitrogens with one attached hydrogen (secondary N) is 1. The summed E-state index contributed by atoms with van der Waals surface area (Å²) in [5, 5.41) is 11.6. The molecule has 1 amide bonds. The number of carbonyl (C=O) groups excluding carboxylic acids is 1. The molecule has 0 radical (unpaired) electrons. The average molecular weight is 296 g/mol. The molecule has 0 spiro atoms. The molecule has 0 atom stereocenters. The zero-order valence-corrected chi connectivity index (χ0v) is 12.6. The molecule has 6 nitrogen and oxygen atoms in total. The molecular weight excluding hydrogens is 278 g/mol. The van der Waals surface area contributed by atoms with E-state index in [1.165, 1.54) is 0 Å². The summed E-state index contributed by atoms with van der Waals surface area (Å²) < 4.78 is 3.53. The number of rotatable bonds is 5. The van der Waals surface area contributed by atoms with Crippen molar-refractivity contribution in [3.8, 4) is 0 Å². The summed E-state index contributed by atoms with van der Waals surface area (Å²) in [5.74, 6) is -0.272. The molecule has 108 valence electrons. The Kier molecular flexibility index (Phi) is 4.44. The van der Waals surface area contributed by atoms with Crippen molar-refractivity contribution in [3.05, 3.63) is 34.4 Å². The van der Waals surface area contributed by atoms with E-state index in [1.807, 2.05) is 25.5 Å². The fourth-order valence-corrected chi connectivity index (χ4v) is 2.19. The van der Waals surface area contributed by atoms with Crippen LogP contribution in [0, 0.1) is 6.92 Å². The third-order valence-corrected chi connectivity index (χ3v) is 3.48. The van der Waals surface area contributed by atoms with Crippen LogP contribution in [0.15, 0.2) is 12.4 Å². The van der Waals surface area contributed by atoms with Crippen molar-refractivity contribution in [2.75, 3.05) is 0 Å². The minimum absolute atomic E-state index is 0.258. The Bertz CT molecular complexity index is 616. The third-order valence-electron chi connectivity index (χ3n) is 3.20. The van der Waals surface area contributed by atoms with E-state index in [0.29, 0.717) is 18.1 Å². The van der Waals surface area contributed by atoms with Gasteiger partial charge < -0.3 is 5.32 Å². The van der Waals surface area contributed by atoms with Crippen LogP contribution in [0.25, 0.3) is 0 Å². The van der Waals surface area contributed by atoms with Crippen LogP contribution in [0.4, 0.5) is 0 Å². The predicted octanol–water partition coefficient (Wildman–Crippen LogP) is 2.01. The van der Waals surface area contributed by atoms with Gasteiger partial charge in [0.1, 0.15) is 0 Å². The van der Waals surface area contributed by atoms with Crippen molar-refractivity contribution in [2.45, 2.75) is 40.4 Å². The van der Waals surface area contributed by atoms with E-state index >= 15 is 0 Å². The maximum Gasteiger partial charge on any atom is 0.273 e. The lowest BCUT2D eigenvalue weighted by molar-refractivity contribution is 0.0945. The largest absolute Gasteiger partial charge is 0.346 e. The van der Waals surface area contributed by atoms with Crippen molar-refractivity contribution in [1.29, 1.82) is 0 Å². The molecular formula is C13H18ClN5O. The molecule has 2 rings (SSSR count). The highest BCUT2D eigenvalue weighted by Gasteiger charge is 2.15. The van der Waals surface area contributed by atoms with Crippen molar-refractivity contribution >= 4 is 17.5 Å². The highest BCUT2D eigenvalue weighted by atomic mass is 35.5. The maximum atomic E-state index is 12.1. The molecule has 2 aromatic heterocycles. The van der Waals surface area contributed by atoms with Crippen LogP contribution in [-0.2, 0) is 19.6 Å². The lowest BCUT2D eigenvalue weighted by Gasteiger charge is -2.04. The highest BCUT2D eigenvalue weighted by molar-refractivity contribution is 6.33. The number of halogens is 1. The molecule has 0 saturated heterocycles. The summed E-state index contributed by atoms with van der Waals surface area (Å²) in [6.07, 6.45) is 3.42. The van der Waals surface area contributed by atoms with E-state index in [9.17, 15) is 4.79 Å². The first-order valence-electron chi connectivity index (χ1n) is 6.59. The van der Waals surface area contributed by atoms with Gasteiger partial charge in [-0.05, 0) is 20.8 Å². The number of carbonyl (C=O) groups is 1. The third kappa shape index (κ3) is 2.85. The lowest BCUT2D eigenvalue weighted by atomic mass is 10.2. The molecule has 2 heterocycles. The Morgan fingerprint density at radius 2 is 2.15 bits per heavy atom. The Morgan fingerprint density at radius 1 is 1.40 bits per heavy atom. The molecule has 0 unspecified atom stereocenters. The molecule has 0 bridgehead atoms. The van der Waals surface area contributed by atoms with Gasteiger partial charge in [0, 0.05) is 37.1 Å². The topological polar surface area (TPSA) is 64.7 Å². The lowest BCUT2D eigenvalue weighted by Crippen LogP contribution is -2.24. The molecule has 7 heteroatoms. The number of aromatic nitrogens is 4. The van der Waals surface area contributed by atoms with Gasteiger partial charge in [0.05, 0.1) is 11.2 Å². The molecule has 0 aliphatic rings. The zero-order chi connectivity index (χ0) is 14.7. The van der Waals surface area contributed by atoms with Crippen LogP contribution >= 0.6 is 11.6 Å². The van der Waals surface area contributed by atoms with Gasteiger partial charge in [0.15, 0.2) is 5.69 Å². The van der Waals surface area contributed by atoms with Gasteiger partial charge in [-0.2, -0.15) is 10.2 Å². The van der Waals surface area contributed by atoms with Gasteiger partial charge in [0.25, 0.3) is 5.91 Å². The Hall–Kier alpha value is -1.82. The number of aryl methyl sites for hydroxylation is 2. The van der Waals surface area contributed by atoms with Crippen LogP contribution in [0.1, 0.15) is 35.6 Å². The summed E-state index contributed by atoms with van der Waals surface area (Å²) in [6, 6.07) is 0. The maximum absolute atomic E-state index is 12.1. The number of nitrogens with zero attached hydrogens (tertiary/aromatic N) is 4. The van der Waals surface area contributed by atoms with E-state index in [-0.39, 0.29) is 11.6 Å². The predicted molar refractivity (Wildman–Crippen MR) is 76.7 cm³/mol. The molecule has 0 aromatic carbocycles. The Labute approximate surface area is 122 Å². The first kappa shape index (κ1) is 14.6. The highest BCUT2D eigenvalue weighted by Crippen LogP contribution is 2.14. The van der Waals surface area contributed by atoms with Crippen molar-refractivity contribution in [1.82, 2.24) is 24.9 Å². The smallest absolute Gasteiger partial charge is 0.273 e. The Morgan fingerprint density at radius 3 is 2.70 bits per heavy atom. The van der Waals surface area contributed by atoms with E-state index < -0.39 is 0 Å². The molecule has 2 aromatic rings. The van der Waals surface area contributed by atoms with Crippen LogP contribution < -0.4 is 5.32 Å². The van der Waals surface area contributed by atoms with Crippen LogP contribution in [0.5, 0.6) is 0 Å². The van der Waals surface area contributed by atoms with Crippen molar-refractivity contribution in [2.24, 2.45) is 0 Å². The summed E-state index contributed by atoms with van der Waals surface area (Å²) in [5.41, 5.74) is 2.30. The fraction of sp³-hybridized carbons (Fsp3) is 0.462. The second kappa shape index (κ2) is 6.09. The van der Waals surface area contributed by atoms with Gasteiger partial charge in [0.2, 0.25) is 0 Å². The molecule has 0 aliphatic heterocycles. The number of hydrogen-bond donors (Lipinski definition) is 1. The number of amides is 1. The van der Waals surface area contributed by atoms with E-state index in [1.54, 1.807) is 17.1 Å². The van der Waals surface area contributed by atoms with Gasteiger partial charge in [-0.3, -0.25) is 14.2 Å². The fourth-order valence-electron chi connectivity index (χ4n) is 1.95. The first-order valence-corrected chi connectivity index (χ1v) is 6.97. The van der Waals surface area contributed by atoms with E-state index in [0.717, 1.165) is 17.8 Å². The van der Waals surface area contributed by atoms with Crippen LogP contribution in [-0.4, -0.2) is 25.5 Å².